The molecule has 0 aromatic heterocycles. The van der Waals surface area contributed by atoms with E-state index in [1.165, 1.54) is 19.2 Å². The molecule has 0 spiro atoms. The smallest absolute Gasteiger partial charge is 0.229 e. The monoisotopic (exact) mass is 477 g/mol. The molecule has 0 fully saturated rings. The molecule has 0 atom stereocenters. The molecule has 1 N–H and O–H groups in total. The number of carbonyl (C=O) groups is 1. The van der Waals surface area contributed by atoms with Gasteiger partial charge in [0.15, 0.2) is 6.29 Å². The molecular weight excluding hydrogens is 466 g/mol. The summed E-state index contributed by atoms with van der Waals surface area (Å²) in [6, 6.07) is 2.92. The number of hydrogen-bond donors (Lipinski definition) is 1. The van der Waals surface area contributed by atoms with Gasteiger partial charge in [-0.1, -0.05) is 0 Å². The maximum atomic E-state index is 11.1. The van der Waals surface area contributed by atoms with Crippen LogP contribution in [0.2, 0.25) is 0 Å². The summed E-state index contributed by atoms with van der Waals surface area (Å²) >= 11 is 3.16. The molecule has 0 unspecified atom stereocenters. The molecule has 0 aliphatic rings. The molecule has 0 saturated carbocycles. The maximum Gasteiger partial charge on any atom is 0.229 e. The van der Waals surface area contributed by atoms with Gasteiger partial charge in [0, 0.05) is 10.0 Å². The Balaban J connectivity index is 0.000000567. The van der Waals surface area contributed by atoms with Gasteiger partial charge in [-0.25, -0.2) is 8.42 Å². The van der Waals surface area contributed by atoms with Gasteiger partial charge in [-0.05, 0) is 99.1 Å². The lowest BCUT2D eigenvalue weighted by atomic mass is 10.2. The van der Waals surface area contributed by atoms with Crippen LogP contribution in [0.3, 0.4) is 0 Å². The van der Waals surface area contributed by atoms with E-state index in [1.807, 2.05) is 0 Å². The Labute approximate surface area is 185 Å². The van der Waals surface area contributed by atoms with Gasteiger partial charge in [-0.15, -0.1) is 12.8 Å². The quantitative estimate of drug-likeness (QED) is 0.531. The third-order valence-corrected chi connectivity index (χ3v) is 3.73. The van der Waals surface area contributed by atoms with Crippen LogP contribution in [0.25, 0.3) is 0 Å². The number of halogens is 1. The highest BCUT2D eigenvalue weighted by Gasteiger charge is 2.11. The van der Waals surface area contributed by atoms with Crippen molar-refractivity contribution in [3.8, 4) is 89.6 Å². The van der Waals surface area contributed by atoms with Crippen LogP contribution in [0, 0.1) is 83.9 Å². The fourth-order valence-corrected chi connectivity index (χ4v) is 2.43. The Morgan fingerprint density at radius 2 is 1.37 bits per heavy atom. The zero-order valence-electron chi connectivity index (χ0n) is 15.8. The van der Waals surface area contributed by atoms with E-state index >= 15 is 0 Å². The Bertz CT molecular complexity index is 1250. The average molecular weight is 478 g/mol. The summed E-state index contributed by atoms with van der Waals surface area (Å²) in [5, 5.41) is 0. The maximum absolute atomic E-state index is 11.1. The van der Waals surface area contributed by atoms with Crippen molar-refractivity contribution < 1.29 is 17.9 Å². The van der Waals surface area contributed by atoms with E-state index < -0.39 is 10.0 Å². The van der Waals surface area contributed by atoms with Crippen LogP contribution in [0.15, 0.2) is 16.6 Å². The van der Waals surface area contributed by atoms with Gasteiger partial charge in [-0.3, -0.25) is 9.52 Å². The highest BCUT2D eigenvalue weighted by molar-refractivity contribution is 9.10. The lowest BCUT2D eigenvalue weighted by molar-refractivity contribution is 0.112. The minimum absolute atomic E-state index is 0.280. The van der Waals surface area contributed by atoms with Crippen LogP contribution in [0.5, 0.6) is 5.75 Å². The molecule has 1 rings (SSSR count). The molecular formula is C23H12BrNO4S. The highest BCUT2D eigenvalue weighted by Crippen LogP contribution is 2.31. The van der Waals surface area contributed by atoms with E-state index in [0.29, 0.717) is 16.3 Å². The van der Waals surface area contributed by atoms with Gasteiger partial charge in [0.25, 0.3) is 0 Å². The second-order valence-corrected chi connectivity index (χ2v) is 7.21. The standard InChI is InChI=1S/C14H2.C9H10BrNO4S/c1-3-5-7-9-11-13-14-12-10-8-6-4-2;1-15-9-3-6(5-12)7(10)4-8(9)11-16(2,13)14/h1-2H;3-5,11H,1-2H3. The van der Waals surface area contributed by atoms with Crippen LogP contribution in [-0.2, 0) is 10.0 Å². The fourth-order valence-electron chi connectivity index (χ4n) is 1.43. The Kier molecular flexibility index (Phi) is 12.8. The topological polar surface area (TPSA) is 72.5 Å². The Hall–Kier alpha value is -4.16. The van der Waals surface area contributed by atoms with Gasteiger partial charge in [0.2, 0.25) is 10.0 Å². The number of benzene rings is 1. The summed E-state index contributed by atoms with van der Waals surface area (Å²) in [5.41, 5.74) is 0.665. The largest absolute Gasteiger partial charge is 0.495 e. The Morgan fingerprint density at radius 1 is 0.933 bits per heavy atom. The summed E-state index contributed by atoms with van der Waals surface area (Å²) in [6.45, 7) is 0. The number of hydrogen-bond acceptors (Lipinski definition) is 4. The number of anilines is 1. The fraction of sp³-hybridized carbons (Fsp3) is 0.0870. The van der Waals surface area contributed by atoms with E-state index in [1.54, 1.807) is 0 Å². The van der Waals surface area contributed by atoms with E-state index in [9.17, 15) is 13.2 Å². The first kappa shape index (κ1) is 25.8. The summed E-state index contributed by atoms with van der Waals surface area (Å²) in [7, 11) is -1.99. The third kappa shape index (κ3) is 12.3. The van der Waals surface area contributed by atoms with Crippen LogP contribution in [0.4, 0.5) is 5.69 Å². The molecule has 0 saturated heterocycles. The number of nitrogens with one attached hydrogen (secondary N) is 1. The normalized spacial score (nSPS) is 7.50. The molecule has 0 bridgehead atoms. The van der Waals surface area contributed by atoms with Crippen LogP contribution in [-0.4, -0.2) is 28.1 Å². The second-order valence-electron chi connectivity index (χ2n) is 4.60. The van der Waals surface area contributed by atoms with E-state index in [0.717, 1.165) is 6.26 Å². The van der Waals surface area contributed by atoms with Gasteiger partial charge in [0.05, 0.1) is 19.1 Å². The SMILES string of the molecule is C#CC#CC#CC#CC#CC#CC#C.COc1cc(C=O)c(Br)cc1NS(C)(=O)=O. The van der Waals surface area contributed by atoms with Crippen molar-refractivity contribution in [1.29, 1.82) is 0 Å². The molecule has 5 nitrogen and oxygen atoms in total. The summed E-state index contributed by atoms with van der Waals surface area (Å²) in [4.78, 5) is 10.7. The summed E-state index contributed by atoms with van der Waals surface area (Å²) in [5.74, 6) is 28.6. The van der Waals surface area contributed by atoms with Crippen molar-refractivity contribution in [3.63, 3.8) is 0 Å². The predicted molar refractivity (Wildman–Crippen MR) is 121 cm³/mol. The van der Waals surface area contributed by atoms with Crippen LogP contribution in [0.1, 0.15) is 10.4 Å². The number of rotatable bonds is 4. The van der Waals surface area contributed by atoms with Crippen LogP contribution < -0.4 is 9.46 Å². The minimum atomic E-state index is -3.39. The Morgan fingerprint density at radius 3 is 1.70 bits per heavy atom. The summed E-state index contributed by atoms with van der Waals surface area (Å²) in [6.07, 6.45) is 11.4. The molecule has 1 aromatic carbocycles. The molecule has 0 radical (unpaired) electrons. The number of methoxy groups -OCH3 is 1. The first-order valence-electron chi connectivity index (χ1n) is 7.50. The van der Waals surface area contributed by atoms with Gasteiger partial charge in [-0.2, -0.15) is 0 Å². The van der Waals surface area contributed by atoms with Gasteiger partial charge >= 0.3 is 0 Å². The molecule has 0 amide bonds. The molecule has 0 aliphatic heterocycles. The van der Waals surface area contributed by atoms with E-state index in [-0.39, 0.29) is 11.4 Å². The second kappa shape index (κ2) is 14.8. The molecule has 146 valence electrons. The number of ether oxygens (including phenoxy) is 1. The lowest BCUT2D eigenvalue weighted by Crippen LogP contribution is -2.10. The summed E-state index contributed by atoms with van der Waals surface area (Å²) < 4.78 is 29.9. The van der Waals surface area contributed by atoms with Crippen molar-refractivity contribution in [1.82, 2.24) is 0 Å². The predicted octanol–water partition coefficient (Wildman–Crippen LogP) is 1.91. The van der Waals surface area contributed by atoms with Gasteiger partial charge in [0.1, 0.15) is 5.75 Å². The number of sulfonamides is 1. The first-order valence-corrected chi connectivity index (χ1v) is 10.2. The highest BCUT2D eigenvalue weighted by atomic mass is 79.9. The van der Waals surface area contributed by atoms with Crippen molar-refractivity contribution in [2.24, 2.45) is 0 Å². The minimum Gasteiger partial charge on any atom is -0.495 e. The van der Waals surface area contributed by atoms with Crippen molar-refractivity contribution in [3.05, 3.63) is 22.2 Å². The molecule has 30 heavy (non-hydrogen) atoms. The van der Waals surface area contributed by atoms with Crippen molar-refractivity contribution >= 4 is 37.9 Å². The van der Waals surface area contributed by atoms with Crippen molar-refractivity contribution in [2.75, 3.05) is 18.1 Å². The average Bonchev–Trinajstić information content (AvgIpc) is 2.69. The number of carbonyl (C=O) groups excluding carboxylic acids is 1. The zero-order chi connectivity index (χ0) is 22.8. The lowest BCUT2D eigenvalue weighted by Gasteiger charge is -2.11. The number of aldehydes is 1. The molecule has 7 heteroatoms. The molecule has 0 heterocycles. The van der Waals surface area contributed by atoms with Gasteiger partial charge < -0.3 is 4.74 Å². The first-order chi connectivity index (χ1) is 14.3. The molecule has 1 aromatic rings. The van der Waals surface area contributed by atoms with E-state index in [4.69, 9.17) is 17.6 Å². The van der Waals surface area contributed by atoms with Crippen molar-refractivity contribution in [2.45, 2.75) is 0 Å². The number of terminal acetylenes is 2. The zero-order valence-corrected chi connectivity index (χ0v) is 18.2. The van der Waals surface area contributed by atoms with E-state index in [2.05, 4.69) is 91.7 Å². The third-order valence-electron chi connectivity index (χ3n) is 2.45. The molecule has 0 aliphatic carbocycles. The van der Waals surface area contributed by atoms with Crippen LogP contribution >= 0.6 is 15.9 Å².